The Morgan fingerprint density at radius 1 is 1.12 bits per heavy atom. The highest BCUT2D eigenvalue weighted by Gasteiger charge is 2.23. The number of piperazine rings is 1. The Balaban J connectivity index is 1.26. The summed E-state index contributed by atoms with van der Waals surface area (Å²) in [6, 6.07) is 13.9. The minimum absolute atomic E-state index is 0.102. The lowest BCUT2D eigenvalue weighted by atomic mass is 10.2. The smallest absolute Gasteiger partial charge is 0.310 e. The number of nitro groups is 1. The van der Waals surface area contributed by atoms with Gasteiger partial charge < -0.3 is 14.4 Å². The van der Waals surface area contributed by atoms with E-state index in [2.05, 4.69) is 10.3 Å². The third kappa shape index (κ3) is 5.65. The van der Waals surface area contributed by atoms with E-state index in [1.807, 2.05) is 24.3 Å². The summed E-state index contributed by atoms with van der Waals surface area (Å²) in [4.78, 5) is 31.8. The molecule has 0 spiro atoms. The Labute approximate surface area is 195 Å². The second-order valence-electron chi connectivity index (χ2n) is 7.54. The molecule has 1 fully saturated rings. The molecule has 10 heteroatoms. The molecule has 4 rings (SSSR count). The molecule has 1 amide bonds. The number of thiazole rings is 1. The number of rotatable bonds is 8. The van der Waals surface area contributed by atoms with Crippen molar-refractivity contribution in [3.8, 4) is 22.1 Å². The Morgan fingerprint density at radius 2 is 1.85 bits per heavy atom. The summed E-state index contributed by atoms with van der Waals surface area (Å²) in [6.45, 7) is 3.12. The van der Waals surface area contributed by atoms with Crippen LogP contribution in [0.15, 0.2) is 53.9 Å². The average Bonchev–Trinajstić information content (AvgIpc) is 3.31. The van der Waals surface area contributed by atoms with E-state index in [0.717, 1.165) is 41.6 Å². The molecule has 0 radical (unpaired) electrons. The van der Waals surface area contributed by atoms with Gasteiger partial charge in [0, 0.05) is 49.7 Å². The van der Waals surface area contributed by atoms with Crippen molar-refractivity contribution in [3.63, 3.8) is 0 Å². The predicted octanol–water partition coefficient (Wildman–Crippen LogP) is 3.45. The molecule has 3 aromatic rings. The highest BCUT2D eigenvalue weighted by atomic mass is 32.1. The first-order chi connectivity index (χ1) is 16.0. The molecule has 0 atom stereocenters. The number of hydrogen-bond acceptors (Lipinski definition) is 8. The summed E-state index contributed by atoms with van der Waals surface area (Å²) >= 11 is 1.61. The van der Waals surface area contributed by atoms with Gasteiger partial charge in [0.25, 0.3) is 5.91 Å². The topological polar surface area (TPSA) is 98.0 Å². The van der Waals surface area contributed by atoms with Gasteiger partial charge in [-0.2, -0.15) is 0 Å². The molecule has 0 N–H and O–H groups in total. The van der Waals surface area contributed by atoms with E-state index in [0.29, 0.717) is 13.1 Å². The number of nitrogens with zero attached hydrogens (tertiary/aromatic N) is 4. The van der Waals surface area contributed by atoms with Crippen LogP contribution < -0.4 is 9.47 Å². The molecule has 172 valence electrons. The van der Waals surface area contributed by atoms with Gasteiger partial charge in [-0.3, -0.25) is 19.8 Å². The fourth-order valence-corrected chi connectivity index (χ4v) is 4.41. The Bertz CT molecular complexity index is 1110. The van der Waals surface area contributed by atoms with Crippen LogP contribution in [-0.4, -0.2) is 65.5 Å². The van der Waals surface area contributed by atoms with Crippen LogP contribution in [0.2, 0.25) is 0 Å². The highest BCUT2D eigenvalue weighted by molar-refractivity contribution is 7.13. The molecule has 0 bridgehead atoms. The summed E-state index contributed by atoms with van der Waals surface area (Å²) in [5.41, 5.74) is 1.92. The number of carbonyl (C=O) groups excluding carboxylic acids is 1. The van der Waals surface area contributed by atoms with Crippen molar-refractivity contribution in [1.82, 2.24) is 14.8 Å². The van der Waals surface area contributed by atoms with Crippen molar-refractivity contribution in [1.29, 1.82) is 0 Å². The minimum Gasteiger partial charge on any atom is -0.497 e. The van der Waals surface area contributed by atoms with Crippen molar-refractivity contribution < 1.29 is 19.2 Å². The molecule has 33 heavy (non-hydrogen) atoms. The number of amides is 1. The highest BCUT2D eigenvalue weighted by Crippen LogP contribution is 2.27. The second-order valence-corrected chi connectivity index (χ2v) is 8.40. The lowest BCUT2D eigenvalue weighted by molar-refractivity contribution is -0.385. The van der Waals surface area contributed by atoms with Crippen LogP contribution in [0.3, 0.4) is 0 Å². The maximum absolute atomic E-state index is 12.5. The SMILES string of the molecule is COc1ccc(-c2nc(CN3CCN(C(=O)COc4ccccc4[N+](=O)[O-])CC3)cs2)cc1. The molecule has 2 heterocycles. The van der Waals surface area contributed by atoms with E-state index in [1.54, 1.807) is 35.5 Å². The fraction of sp³-hybridized carbons (Fsp3) is 0.304. The summed E-state index contributed by atoms with van der Waals surface area (Å²) in [6.07, 6.45) is 0. The zero-order valence-corrected chi connectivity index (χ0v) is 19.0. The minimum atomic E-state index is -0.517. The molecule has 1 aromatic heterocycles. The summed E-state index contributed by atoms with van der Waals surface area (Å²) in [7, 11) is 1.65. The Morgan fingerprint density at radius 3 is 2.55 bits per heavy atom. The van der Waals surface area contributed by atoms with Crippen LogP contribution in [0.25, 0.3) is 10.6 Å². The number of carbonyl (C=O) groups is 1. The van der Waals surface area contributed by atoms with Gasteiger partial charge in [0.2, 0.25) is 0 Å². The van der Waals surface area contributed by atoms with E-state index in [4.69, 9.17) is 14.5 Å². The number of aromatic nitrogens is 1. The molecular formula is C23H24N4O5S. The quantitative estimate of drug-likeness (QED) is 0.369. The largest absolute Gasteiger partial charge is 0.497 e. The van der Waals surface area contributed by atoms with E-state index in [-0.39, 0.29) is 24.0 Å². The van der Waals surface area contributed by atoms with Crippen LogP contribution in [0, 0.1) is 10.1 Å². The van der Waals surface area contributed by atoms with Crippen molar-refractivity contribution in [2.75, 3.05) is 39.9 Å². The number of nitro benzene ring substituents is 1. The van der Waals surface area contributed by atoms with Crippen molar-refractivity contribution in [2.45, 2.75) is 6.54 Å². The van der Waals surface area contributed by atoms with Crippen molar-refractivity contribution >= 4 is 22.9 Å². The third-order valence-electron chi connectivity index (χ3n) is 5.41. The lowest BCUT2D eigenvalue weighted by Gasteiger charge is -2.34. The zero-order chi connectivity index (χ0) is 23.2. The van der Waals surface area contributed by atoms with Gasteiger partial charge in [-0.15, -0.1) is 11.3 Å². The normalized spacial score (nSPS) is 14.2. The molecule has 9 nitrogen and oxygen atoms in total. The molecule has 0 saturated carbocycles. The first-order valence-electron chi connectivity index (χ1n) is 10.5. The Hall–Kier alpha value is -3.50. The van der Waals surface area contributed by atoms with Gasteiger partial charge in [-0.25, -0.2) is 4.98 Å². The zero-order valence-electron chi connectivity index (χ0n) is 18.2. The second kappa shape index (κ2) is 10.4. The number of para-hydroxylation sites is 2. The van der Waals surface area contributed by atoms with Gasteiger partial charge in [-0.1, -0.05) is 12.1 Å². The molecule has 2 aromatic carbocycles. The summed E-state index contributed by atoms with van der Waals surface area (Å²) in [5, 5.41) is 14.1. The molecule has 0 unspecified atom stereocenters. The number of methoxy groups -OCH3 is 1. The van der Waals surface area contributed by atoms with Crippen molar-refractivity contribution in [2.24, 2.45) is 0 Å². The van der Waals surface area contributed by atoms with E-state index in [9.17, 15) is 14.9 Å². The average molecular weight is 469 g/mol. The molecule has 1 aliphatic rings. The monoisotopic (exact) mass is 468 g/mol. The Kier molecular flexibility index (Phi) is 7.16. The fourth-order valence-electron chi connectivity index (χ4n) is 3.59. The van der Waals surface area contributed by atoms with Crippen LogP contribution in [0.5, 0.6) is 11.5 Å². The van der Waals surface area contributed by atoms with Crippen LogP contribution in [-0.2, 0) is 11.3 Å². The molecule has 0 aliphatic carbocycles. The standard InChI is InChI=1S/C23H24N4O5S/c1-31-19-8-6-17(7-9-19)23-24-18(16-33-23)14-25-10-12-26(13-11-25)22(28)15-32-21-5-3-2-4-20(21)27(29)30/h2-9,16H,10-15H2,1H3. The van der Waals surface area contributed by atoms with Gasteiger partial charge in [-0.05, 0) is 30.3 Å². The summed E-state index contributed by atoms with van der Waals surface area (Å²) in [5.74, 6) is 0.740. The first-order valence-corrected chi connectivity index (χ1v) is 11.4. The van der Waals surface area contributed by atoms with Crippen LogP contribution in [0.4, 0.5) is 5.69 Å². The molecular weight excluding hydrogens is 444 g/mol. The number of ether oxygens (including phenoxy) is 2. The first kappa shape index (κ1) is 22.7. The third-order valence-corrected chi connectivity index (χ3v) is 6.35. The predicted molar refractivity (Wildman–Crippen MR) is 125 cm³/mol. The number of benzene rings is 2. The van der Waals surface area contributed by atoms with E-state index in [1.165, 1.54) is 12.1 Å². The van der Waals surface area contributed by atoms with Crippen molar-refractivity contribution in [3.05, 3.63) is 69.7 Å². The molecule has 1 saturated heterocycles. The maximum Gasteiger partial charge on any atom is 0.310 e. The number of hydrogen-bond donors (Lipinski definition) is 0. The van der Waals surface area contributed by atoms with Gasteiger partial charge in [0.1, 0.15) is 10.8 Å². The lowest BCUT2D eigenvalue weighted by Crippen LogP contribution is -2.49. The van der Waals surface area contributed by atoms with Crippen LogP contribution in [0.1, 0.15) is 5.69 Å². The van der Waals surface area contributed by atoms with Gasteiger partial charge >= 0.3 is 5.69 Å². The van der Waals surface area contributed by atoms with Gasteiger partial charge in [0.05, 0.1) is 17.7 Å². The van der Waals surface area contributed by atoms with Crippen LogP contribution >= 0.6 is 11.3 Å². The van der Waals surface area contributed by atoms with Gasteiger partial charge in [0.15, 0.2) is 12.4 Å². The van der Waals surface area contributed by atoms with E-state index < -0.39 is 4.92 Å². The molecule has 1 aliphatic heterocycles. The summed E-state index contributed by atoms with van der Waals surface area (Å²) < 4.78 is 10.6. The van der Waals surface area contributed by atoms with E-state index >= 15 is 0 Å². The maximum atomic E-state index is 12.5.